The predicted molar refractivity (Wildman–Crippen MR) is 168 cm³/mol. The fraction of sp³-hybridized carbons (Fsp3) is 0.543. The number of ether oxygens (including phenoxy) is 4. The number of benzene rings is 2. The highest BCUT2D eigenvalue weighted by Crippen LogP contribution is 2.25. The summed E-state index contributed by atoms with van der Waals surface area (Å²) in [6.45, 7) is 15.3. The highest BCUT2D eigenvalue weighted by Gasteiger charge is 2.27. The van der Waals surface area contributed by atoms with Gasteiger partial charge in [-0.1, -0.05) is 36.4 Å². The van der Waals surface area contributed by atoms with E-state index in [2.05, 4.69) is 0 Å². The molecule has 0 N–H and O–H groups in total. The van der Waals surface area contributed by atoms with Gasteiger partial charge in [0, 0.05) is 19.5 Å². The summed E-state index contributed by atoms with van der Waals surface area (Å²) in [6.07, 6.45) is 0.568. The van der Waals surface area contributed by atoms with Gasteiger partial charge in [0.15, 0.2) is 0 Å². The molecule has 0 aliphatic carbocycles. The lowest BCUT2D eigenvalue weighted by atomic mass is 9.90. The van der Waals surface area contributed by atoms with Gasteiger partial charge in [-0.2, -0.15) is 0 Å². The van der Waals surface area contributed by atoms with Crippen molar-refractivity contribution in [1.82, 2.24) is 4.90 Å². The van der Waals surface area contributed by atoms with E-state index in [0.717, 1.165) is 11.1 Å². The zero-order valence-electron chi connectivity index (χ0n) is 27.6. The van der Waals surface area contributed by atoms with E-state index in [9.17, 15) is 19.2 Å². The Morgan fingerprint density at radius 1 is 0.795 bits per heavy atom. The summed E-state index contributed by atoms with van der Waals surface area (Å²) in [6, 6.07) is 15.0. The van der Waals surface area contributed by atoms with Crippen LogP contribution in [0.2, 0.25) is 0 Å². The third kappa shape index (κ3) is 13.2. The van der Waals surface area contributed by atoms with Crippen LogP contribution in [0.5, 0.6) is 0 Å². The molecule has 0 radical (unpaired) electrons. The Morgan fingerprint density at radius 3 is 2.02 bits per heavy atom. The summed E-state index contributed by atoms with van der Waals surface area (Å²) in [5.41, 5.74) is 1.40. The van der Waals surface area contributed by atoms with Gasteiger partial charge in [-0.05, 0) is 103 Å². The summed E-state index contributed by atoms with van der Waals surface area (Å²) in [7, 11) is 0. The predicted octanol–water partition coefficient (Wildman–Crippen LogP) is 6.69. The first-order valence-electron chi connectivity index (χ1n) is 15.3. The van der Waals surface area contributed by atoms with Crippen LogP contribution in [0.3, 0.4) is 0 Å². The Kier molecular flexibility index (Phi) is 13.9. The number of hydrogen-bond acceptors (Lipinski definition) is 8. The fourth-order valence-electron chi connectivity index (χ4n) is 4.46. The van der Waals surface area contributed by atoms with Crippen LogP contribution in [0.1, 0.15) is 95.3 Å². The molecule has 0 spiro atoms. The van der Waals surface area contributed by atoms with Crippen LogP contribution in [0.15, 0.2) is 48.5 Å². The minimum absolute atomic E-state index is 0.0412. The maximum Gasteiger partial charge on any atom is 0.410 e. The minimum atomic E-state index is -0.701. The summed E-state index contributed by atoms with van der Waals surface area (Å²) in [4.78, 5) is 53.2. The van der Waals surface area contributed by atoms with Gasteiger partial charge >= 0.3 is 24.0 Å². The lowest BCUT2D eigenvalue weighted by Gasteiger charge is -2.29. The second-order valence-corrected chi connectivity index (χ2v) is 12.6. The van der Waals surface area contributed by atoms with Crippen LogP contribution in [0.25, 0.3) is 0 Å². The number of amides is 1. The van der Waals surface area contributed by atoms with E-state index < -0.39 is 41.1 Å². The van der Waals surface area contributed by atoms with Crippen LogP contribution in [0.4, 0.5) is 4.79 Å². The molecule has 2 rings (SSSR count). The number of nitrogens with zero attached hydrogens (tertiary/aromatic N) is 1. The maximum absolute atomic E-state index is 13.4. The molecule has 0 aromatic heterocycles. The molecule has 2 aromatic carbocycles. The van der Waals surface area contributed by atoms with E-state index >= 15 is 0 Å². The van der Waals surface area contributed by atoms with E-state index in [1.54, 1.807) is 57.7 Å². The number of hydrogen-bond donors (Lipinski definition) is 0. The van der Waals surface area contributed by atoms with Crippen LogP contribution < -0.4 is 0 Å². The Hall–Kier alpha value is -3.88. The highest BCUT2D eigenvalue weighted by molar-refractivity contribution is 5.90. The molecule has 9 heteroatoms. The van der Waals surface area contributed by atoms with Gasteiger partial charge in [-0.25, -0.2) is 9.59 Å². The zero-order chi connectivity index (χ0) is 32.9. The Balaban J connectivity index is 2.50. The molecular formula is C35H49NO8. The Morgan fingerprint density at radius 2 is 1.43 bits per heavy atom. The van der Waals surface area contributed by atoms with Crippen LogP contribution in [-0.2, 0) is 47.9 Å². The monoisotopic (exact) mass is 611 g/mol. The van der Waals surface area contributed by atoms with Crippen LogP contribution in [0, 0.1) is 5.92 Å². The van der Waals surface area contributed by atoms with Crippen molar-refractivity contribution < 1.29 is 38.1 Å². The zero-order valence-corrected chi connectivity index (χ0v) is 27.6. The molecule has 242 valence electrons. The summed E-state index contributed by atoms with van der Waals surface area (Å²) in [5.74, 6) is -2.02. The Labute approximate surface area is 262 Å². The molecule has 0 bridgehead atoms. The molecule has 1 atom stereocenters. The van der Waals surface area contributed by atoms with E-state index in [4.69, 9.17) is 18.9 Å². The highest BCUT2D eigenvalue weighted by atomic mass is 16.6. The largest absolute Gasteiger partial charge is 0.466 e. The second-order valence-electron chi connectivity index (χ2n) is 12.6. The summed E-state index contributed by atoms with van der Waals surface area (Å²) in [5, 5.41) is 0. The van der Waals surface area contributed by atoms with Crippen LogP contribution >= 0.6 is 0 Å². The van der Waals surface area contributed by atoms with Gasteiger partial charge < -0.3 is 23.8 Å². The smallest absolute Gasteiger partial charge is 0.410 e. The van der Waals surface area contributed by atoms with Gasteiger partial charge in [-0.3, -0.25) is 9.59 Å². The molecule has 1 amide bonds. The van der Waals surface area contributed by atoms with Gasteiger partial charge in [0.1, 0.15) is 11.2 Å². The van der Waals surface area contributed by atoms with Gasteiger partial charge in [0.2, 0.25) is 0 Å². The summed E-state index contributed by atoms with van der Waals surface area (Å²) < 4.78 is 21.8. The first-order valence-corrected chi connectivity index (χ1v) is 15.3. The molecule has 9 nitrogen and oxygen atoms in total. The lowest BCUT2D eigenvalue weighted by molar-refractivity contribution is -0.149. The molecule has 2 aromatic rings. The normalized spacial score (nSPS) is 12.2. The van der Waals surface area contributed by atoms with Crippen molar-refractivity contribution >= 4 is 24.0 Å². The van der Waals surface area contributed by atoms with Crippen molar-refractivity contribution in [2.24, 2.45) is 5.92 Å². The molecule has 0 saturated heterocycles. The van der Waals surface area contributed by atoms with Gasteiger partial charge in [0.05, 0.1) is 24.7 Å². The number of carbonyl (C=O) groups is 4. The molecule has 0 saturated carbocycles. The number of carbonyl (C=O) groups excluding carboxylic acids is 4. The number of rotatable bonds is 14. The fourth-order valence-corrected chi connectivity index (χ4v) is 4.46. The van der Waals surface area contributed by atoms with E-state index in [1.165, 1.54) is 0 Å². The van der Waals surface area contributed by atoms with Crippen molar-refractivity contribution in [3.05, 3.63) is 70.8 Å². The van der Waals surface area contributed by atoms with E-state index in [1.807, 2.05) is 51.1 Å². The molecular weight excluding hydrogens is 562 g/mol. The topological polar surface area (TPSA) is 108 Å². The maximum atomic E-state index is 13.4. The van der Waals surface area contributed by atoms with Crippen molar-refractivity contribution in [3.63, 3.8) is 0 Å². The van der Waals surface area contributed by atoms with Crippen molar-refractivity contribution in [2.45, 2.75) is 98.8 Å². The van der Waals surface area contributed by atoms with Crippen molar-refractivity contribution in [1.29, 1.82) is 0 Å². The van der Waals surface area contributed by atoms with E-state index in [0.29, 0.717) is 24.1 Å². The molecule has 44 heavy (non-hydrogen) atoms. The van der Waals surface area contributed by atoms with Crippen LogP contribution in [-0.4, -0.2) is 59.9 Å². The quantitative estimate of drug-likeness (QED) is 0.172. The second kappa shape index (κ2) is 16.8. The SMILES string of the molecule is CCOC(=O)CCC(Cc1cc(C(=O)OC(C)(C)C)ccc1CN(CCc1ccccc1)C(=O)OC(C)(C)C)C(=O)OCC. The third-order valence-corrected chi connectivity index (χ3v) is 6.46. The average molecular weight is 612 g/mol. The first kappa shape index (κ1) is 36.3. The van der Waals surface area contributed by atoms with Gasteiger partial charge in [-0.15, -0.1) is 0 Å². The summed E-state index contributed by atoms with van der Waals surface area (Å²) >= 11 is 0. The third-order valence-electron chi connectivity index (χ3n) is 6.46. The molecule has 0 heterocycles. The molecule has 0 aliphatic heterocycles. The van der Waals surface area contributed by atoms with E-state index in [-0.39, 0.29) is 39.0 Å². The minimum Gasteiger partial charge on any atom is -0.466 e. The standard InChI is InChI=1S/C35H49NO8/c1-9-41-30(37)19-18-26(31(38)42-10-2)22-29-23-27(32(39)43-34(3,4)5)16-17-28(29)24-36(33(40)44-35(6,7)8)21-20-25-14-12-11-13-15-25/h11-17,23,26H,9-10,18-22,24H2,1-8H3. The molecule has 0 aliphatic rings. The lowest BCUT2D eigenvalue weighted by Crippen LogP contribution is -2.38. The number of esters is 3. The van der Waals surface area contributed by atoms with Crippen molar-refractivity contribution in [3.8, 4) is 0 Å². The molecule has 0 fully saturated rings. The van der Waals surface area contributed by atoms with Gasteiger partial charge in [0.25, 0.3) is 0 Å². The Bertz CT molecular complexity index is 1240. The van der Waals surface area contributed by atoms with Crippen molar-refractivity contribution in [2.75, 3.05) is 19.8 Å². The molecule has 1 unspecified atom stereocenters. The average Bonchev–Trinajstić information content (AvgIpc) is 2.92. The first-order chi connectivity index (χ1) is 20.6.